The van der Waals surface area contributed by atoms with Crippen molar-refractivity contribution >= 4 is 0 Å². The number of hydrogen-bond acceptors (Lipinski definition) is 1. The van der Waals surface area contributed by atoms with Crippen LogP contribution in [0.25, 0.3) is 0 Å². The first kappa shape index (κ1) is 16.2. The Kier molecular flexibility index (Phi) is 6.57. The van der Waals surface area contributed by atoms with Crippen molar-refractivity contribution in [1.29, 1.82) is 0 Å². The molecule has 0 spiro atoms. The minimum atomic E-state index is -0.679. The molecule has 0 heterocycles. The van der Waals surface area contributed by atoms with Crippen molar-refractivity contribution < 1.29 is 5.11 Å². The number of aliphatic hydroxyl groups is 1. The van der Waals surface area contributed by atoms with Gasteiger partial charge in [0.05, 0.1) is 5.60 Å². The lowest BCUT2D eigenvalue weighted by atomic mass is 9.88. The summed E-state index contributed by atoms with van der Waals surface area (Å²) in [7, 11) is 0. The molecule has 0 amide bonds. The van der Waals surface area contributed by atoms with Crippen LogP contribution in [0.3, 0.4) is 0 Å². The standard InChI is InChI=1S/C18H30O/c1-5-6-7-8-9-10-11-18(4,19)17-13-15(2)12-16(3)14-17/h12-14,19H,5-11H2,1-4H3. The number of rotatable bonds is 8. The van der Waals surface area contributed by atoms with Crippen molar-refractivity contribution in [2.45, 2.75) is 78.2 Å². The summed E-state index contributed by atoms with van der Waals surface area (Å²) in [5, 5.41) is 10.6. The SMILES string of the molecule is CCCCCCCCC(C)(O)c1cc(C)cc(C)c1. The third kappa shape index (κ3) is 5.78. The van der Waals surface area contributed by atoms with Gasteiger partial charge in [0.2, 0.25) is 0 Å². The lowest BCUT2D eigenvalue weighted by Crippen LogP contribution is -2.21. The zero-order valence-electron chi connectivity index (χ0n) is 13.1. The Bertz CT molecular complexity index is 359. The van der Waals surface area contributed by atoms with Gasteiger partial charge in [-0.1, -0.05) is 74.8 Å². The summed E-state index contributed by atoms with van der Waals surface area (Å²) in [4.78, 5) is 0. The van der Waals surface area contributed by atoms with E-state index in [1.807, 2.05) is 6.92 Å². The maximum Gasteiger partial charge on any atom is 0.0868 e. The van der Waals surface area contributed by atoms with Gasteiger partial charge in [0.25, 0.3) is 0 Å². The molecule has 1 aromatic carbocycles. The Morgan fingerprint density at radius 2 is 1.42 bits per heavy atom. The van der Waals surface area contributed by atoms with Gasteiger partial charge < -0.3 is 5.11 Å². The minimum Gasteiger partial charge on any atom is -0.385 e. The summed E-state index contributed by atoms with van der Waals surface area (Å²) in [6.45, 7) is 8.38. The lowest BCUT2D eigenvalue weighted by Gasteiger charge is -2.25. The van der Waals surface area contributed by atoms with Crippen LogP contribution in [-0.2, 0) is 5.60 Å². The average molecular weight is 262 g/mol. The van der Waals surface area contributed by atoms with Gasteiger partial charge in [-0.25, -0.2) is 0 Å². The highest BCUT2D eigenvalue weighted by atomic mass is 16.3. The first-order valence-corrected chi connectivity index (χ1v) is 7.77. The van der Waals surface area contributed by atoms with E-state index >= 15 is 0 Å². The Hall–Kier alpha value is -0.820. The van der Waals surface area contributed by atoms with Crippen LogP contribution in [0.2, 0.25) is 0 Å². The molecule has 1 unspecified atom stereocenters. The second-order valence-electron chi connectivity index (χ2n) is 6.17. The fraction of sp³-hybridized carbons (Fsp3) is 0.667. The van der Waals surface area contributed by atoms with Crippen LogP contribution < -0.4 is 0 Å². The average Bonchev–Trinajstić information content (AvgIpc) is 2.32. The molecule has 1 aromatic rings. The molecule has 1 atom stereocenters. The van der Waals surface area contributed by atoms with E-state index in [1.165, 1.54) is 43.2 Å². The molecule has 19 heavy (non-hydrogen) atoms. The predicted octanol–water partition coefficient (Wildman–Crippen LogP) is 5.26. The Balaban J connectivity index is 2.46. The van der Waals surface area contributed by atoms with Crippen LogP contribution in [0.5, 0.6) is 0 Å². The molecule has 0 saturated carbocycles. The highest BCUT2D eigenvalue weighted by Crippen LogP contribution is 2.28. The monoisotopic (exact) mass is 262 g/mol. The van der Waals surface area contributed by atoms with Gasteiger partial charge in [0, 0.05) is 0 Å². The van der Waals surface area contributed by atoms with E-state index in [0.717, 1.165) is 18.4 Å². The quantitative estimate of drug-likeness (QED) is 0.633. The molecule has 0 aliphatic carbocycles. The van der Waals surface area contributed by atoms with Crippen molar-refractivity contribution in [2.75, 3.05) is 0 Å². The molecular formula is C18H30O. The summed E-state index contributed by atoms with van der Waals surface area (Å²) in [5.41, 5.74) is 2.86. The van der Waals surface area contributed by atoms with Crippen LogP contribution in [0.4, 0.5) is 0 Å². The molecule has 0 bridgehead atoms. The lowest BCUT2D eigenvalue weighted by molar-refractivity contribution is 0.0447. The molecule has 0 aromatic heterocycles. The van der Waals surface area contributed by atoms with E-state index in [1.54, 1.807) is 0 Å². The molecule has 1 nitrogen and oxygen atoms in total. The fourth-order valence-electron chi connectivity index (χ4n) is 2.68. The zero-order chi connectivity index (χ0) is 14.3. The molecule has 108 valence electrons. The number of hydrogen-bond donors (Lipinski definition) is 1. The molecule has 1 N–H and O–H groups in total. The topological polar surface area (TPSA) is 20.2 Å². The predicted molar refractivity (Wildman–Crippen MR) is 83.5 cm³/mol. The molecule has 1 heteroatoms. The zero-order valence-corrected chi connectivity index (χ0v) is 13.1. The van der Waals surface area contributed by atoms with Gasteiger partial charge in [-0.3, -0.25) is 0 Å². The van der Waals surface area contributed by atoms with Crippen LogP contribution in [0.15, 0.2) is 18.2 Å². The molecule has 0 fully saturated rings. The van der Waals surface area contributed by atoms with Crippen molar-refractivity contribution in [1.82, 2.24) is 0 Å². The summed E-state index contributed by atoms with van der Waals surface area (Å²) < 4.78 is 0. The molecule has 0 radical (unpaired) electrons. The first-order valence-electron chi connectivity index (χ1n) is 7.77. The Morgan fingerprint density at radius 3 is 2.00 bits per heavy atom. The van der Waals surface area contributed by atoms with Gasteiger partial charge in [-0.15, -0.1) is 0 Å². The van der Waals surface area contributed by atoms with E-state index < -0.39 is 5.60 Å². The summed E-state index contributed by atoms with van der Waals surface area (Å²) >= 11 is 0. The second kappa shape index (κ2) is 7.69. The van der Waals surface area contributed by atoms with Crippen LogP contribution in [-0.4, -0.2) is 5.11 Å². The van der Waals surface area contributed by atoms with E-state index in [0.29, 0.717) is 0 Å². The summed E-state index contributed by atoms with van der Waals surface area (Å²) in [6, 6.07) is 6.39. The number of aryl methyl sites for hydroxylation is 2. The van der Waals surface area contributed by atoms with E-state index in [4.69, 9.17) is 0 Å². The maximum atomic E-state index is 10.6. The summed E-state index contributed by atoms with van der Waals surface area (Å²) in [5.74, 6) is 0. The van der Waals surface area contributed by atoms with Crippen molar-refractivity contribution in [3.8, 4) is 0 Å². The minimum absolute atomic E-state index is 0.679. The highest BCUT2D eigenvalue weighted by Gasteiger charge is 2.22. The fourth-order valence-corrected chi connectivity index (χ4v) is 2.68. The third-order valence-electron chi connectivity index (χ3n) is 3.86. The van der Waals surface area contributed by atoms with Crippen molar-refractivity contribution in [3.63, 3.8) is 0 Å². The number of benzene rings is 1. The second-order valence-corrected chi connectivity index (χ2v) is 6.17. The number of unbranched alkanes of at least 4 members (excludes halogenated alkanes) is 5. The van der Waals surface area contributed by atoms with E-state index in [-0.39, 0.29) is 0 Å². The molecule has 0 aliphatic rings. The van der Waals surface area contributed by atoms with Crippen molar-refractivity contribution in [2.24, 2.45) is 0 Å². The van der Waals surface area contributed by atoms with E-state index in [2.05, 4.69) is 39.0 Å². The first-order chi connectivity index (χ1) is 8.95. The largest absolute Gasteiger partial charge is 0.385 e. The van der Waals surface area contributed by atoms with Gasteiger partial charge in [-0.2, -0.15) is 0 Å². The van der Waals surface area contributed by atoms with Gasteiger partial charge >= 0.3 is 0 Å². The van der Waals surface area contributed by atoms with Gasteiger partial charge in [-0.05, 0) is 32.8 Å². The van der Waals surface area contributed by atoms with Gasteiger partial charge in [0.15, 0.2) is 0 Å². The Morgan fingerprint density at radius 1 is 0.895 bits per heavy atom. The Labute approximate surface area is 119 Å². The van der Waals surface area contributed by atoms with Crippen molar-refractivity contribution in [3.05, 3.63) is 34.9 Å². The molecule has 1 rings (SSSR count). The maximum absolute atomic E-state index is 10.6. The normalized spacial score (nSPS) is 14.4. The highest BCUT2D eigenvalue weighted by molar-refractivity contribution is 5.32. The smallest absolute Gasteiger partial charge is 0.0868 e. The van der Waals surface area contributed by atoms with Crippen LogP contribution in [0.1, 0.15) is 75.5 Å². The van der Waals surface area contributed by atoms with Gasteiger partial charge in [0.1, 0.15) is 0 Å². The molecule has 0 aliphatic heterocycles. The molecular weight excluding hydrogens is 232 g/mol. The third-order valence-corrected chi connectivity index (χ3v) is 3.86. The van der Waals surface area contributed by atoms with E-state index in [9.17, 15) is 5.11 Å². The van der Waals surface area contributed by atoms with Crippen LogP contribution in [0, 0.1) is 13.8 Å². The van der Waals surface area contributed by atoms with Crippen LogP contribution >= 0.6 is 0 Å². The molecule has 0 saturated heterocycles. The summed E-state index contributed by atoms with van der Waals surface area (Å²) in [6.07, 6.45) is 8.49.